The number of ether oxygens (including phenoxy) is 1. The number of carbonyl (C=O) groups is 1. The second kappa shape index (κ2) is 7.37. The van der Waals surface area contributed by atoms with E-state index in [4.69, 9.17) is 21.4 Å². The molecule has 0 aliphatic heterocycles. The molecule has 0 radical (unpaired) electrons. The summed E-state index contributed by atoms with van der Waals surface area (Å²) < 4.78 is 32.4. The lowest BCUT2D eigenvalue weighted by Gasteiger charge is -2.12. The fraction of sp³-hybridized carbons (Fsp3) is 0.0625. The van der Waals surface area contributed by atoms with Gasteiger partial charge in [0.25, 0.3) is 10.0 Å². The summed E-state index contributed by atoms with van der Waals surface area (Å²) in [5.41, 5.74) is 0.788. The zero-order chi connectivity index (χ0) is 17.7. The summed E-state index contributed by atoms with van der Waals surface area (Å²) in [6.45, 7) is 0. The summed E-state index contributed by atoms with van der Waals surface area (Å²) in [6.07, 6.45) is 2.34. The van der Waals surface area contributed by atoms with E-state index in [0.717, 1.165) is 6.08 Å². The Labute approximate surface area is 144 Å². The Bertz CT molecular complexity index is 876. The molecule has 0 atom stereocenters. The van der Waals surface area contributed by atoms with Gasteiger partial charge in [0.15, 0.2) is 0 Å². The maximum absolute atomic E-state index is 12.4. The van der Waals surface area contributed by atoms with Gasteiger partial charge in [-0.1, -0.05) is 23.7 Å². The number of sulfonamides is 1. The van der Waals surface area contributed by atoms with Crippen LogP contribution in [0.5, 0.6) is 5.75 Å². The Kier molecular flexibility index (Phi) is 5.48. The largest absolute Gasteiger partial charge is 0.495 e. The molecule has 0 aliphatic carbocycles. The van der Waals surface area contributed by atoms with Crippen LogP contribution in [0.1, 0.15) is 5.56 Å². The predicted molar refractivity (Wildman–Crippen MR) is 91.9 cm³/mol. The van der Waals surface area contributed by atoms with Gasteiger partial charge in [0.2, 0.25) is 0 Å². The third-order valence-electron chi connectivity index (χ3n) is 3.01. The molecule has 0 bridgehead atoms. The summed E-state index contributed by atoms with van der Waals surface area (Å²) >= 11 is 5.88. The minimum atomic E-state index is -3.84. The van der Waals surface area contributed by atoms with Crippen molar-refractivity contribution in [2.75, 3.05) is 11.8 Å². The normalized spacial score (nSPS) is 11.4. The molecule has 2 N–H and O–H groups in total. The lowest BCUT2D eigenvalue weighted by atomic mass is 10.2. The van der Waals surface area contributed by atoms with Gasteiger partial charge >= 0.3 is 5.97 Å². The van der Waals surface area contributed by atoms with Crippen LogP contribution >= 0.6 is 11.6 Å². The maximum atomic E-state index is 12.4. The van der Waals surface area contributed by atoms with Crippen molar-refractivity contribution >= 4 is 39.4 Å². The average molecular weight is 368 g/mol. The molecule has 0 fully saturated rings. The molecule has 8 heteroatoms. The van der Waals surface area contributed by atoms with Crippen LogP contribution in [0.2, 0.25) is 5.02 Å². The molecular weight excluding hydrogens is 354 g/mol. The summed E-state index contributed by atoms with van der Waals surface area (Å²) in [5, 5.41) is 8.94. The van der Waals surface area contributed by atoms with Gasteiger partial charge < -0.3 is 9.84 Å². The van der Waals surface area contributed by atoms with E-state index in [2.05, 4.69) is 4.72 Å². The lowest BCUT2D eigenvalue weighted by molar-refractivity contribution is -0.131. The first-order valence-corrected chi connectivity index (χ1v) is 8.55. The average Bonchev–Trinajstić information content (AvgIpc) is 2.53. The van der Waals surface area contributed by atoms with Gasteiger partial charge in [0.1, 0.15) is 5.75 Å². The van der Waals surface area contributed by atoms with Gasteiger partial charge in [0.05, 0.1) is 17.7 Å². The number of hydrogen-bond donors (Lipinski definition) is 2. The molecule has 0 spiro atoms. The number of benzene rings is 2. The van der Waals surface area contributed by atoms with Gasteiger partial charge in [-0.3, -0.25) is 4.72 Å². The fourth-order valence-electron chi connectivity index (χ4n) is 1.89. The van der Waals surface area contributed by atoms with E-state index in [9.17, 15) is 13.2 Å². The van der Waals surface area contributed by atoms with Crippen molar-refractivity contribution < 1.29 is 23.1 Å². The second-order valence-electron chi connectivity index (χ2n) is 4.69. The molecule has 2 aromatic carbocycles. The summed E-state index contributed by atoms with van der Waals surface area (Å²) in [5.74, 6) is -0.745. The molecule has 6 nitrogen and oxygen atoms in total. The third-order valence-corrected chi connectivity index (χ3v) is 4.63. The summed E-state index contributed by atoms with van der Waals surface area (Å²) in [4.78, 5) is 10.5. The van der Waals surface area contributed by atoms with E-state index >= 15 is 0 Å². The monoisotopic (exact) mass is 367 g/mol. The number of carboxylic acid groups (broad SMARTS) is 1. The maximum Gasteiger partial charge on any atom is 0.328 e. The van der Waals surface area contributed by atoms with E-state index in [-0.39, 0.29) is 10.6 Å². The van der Waals surface area contributed by atoms with E-state index in [1.54, 1.807) is 12.1 Å². The second-order valence-corrected chi connectivity index (χ2v) is 6.81. The number of aliphatic carboxylic acids is 1. The molecule has 0 saturated heterocycles. The number of anilines is 1. The minimum Gasteiger partial charge on any atom is -0.495 e. The Morgan fingerprint density at radius 2 is 1.88 bits per heavy atom. The molecule has 0 heterocycles. The quantitative estimate of drug-likeness (QED) is 0.764. The van der Waals surface area contributed by atoms with Crippen LogP contribution in [0, 0.1) is 0 Å². The number of methoxy groups -OCH3 is 1. The van der Waals surface area contributed by atoms with Crippen LogP contribution in [-0.4, -0.2) is 26.6 Å². The Balaban J connectivity index is 2.28. The summed E-state index contributed by atoms with van der Waals surface area (Å²) in [7, 11) is -2.42. The van der Waals surface area contributed by atoms with Crippen molar-refractivity contribution in [2.24, 2.45) is 0 Å². The van der Waals surface area contributed by atoms with Crippen molar-refractivity contribution in [1.82, 2.24) is 0 Å². The Morgan fingerprint density at radius 3 is 2.46 bits per heavy atom. The Hall–Kier alpha value is -2.51. The molecule has 0 unspecified atom stereocenters. The SMILES string of the molecule is COc1ccc(Cl)cc1NS(=O)(=O)c1ccc(/C=C/C(=O)O)cc1. The zero-order valence-corrected chi connectivity index (χ0v) is 14.1. The molecule has 2 aromatic rings. The highest BCUT2D eigenvalue weighted by molar-refractivity contribution is 7.92. The molecule has 0 amide bonds. The first-order chi connectivity index (χ1) is 11.3. The highest BCUT2D eigenvalue weighted by Gasteiger charge is 2.16. The van der Waals surface area contributed by atoms with Crippen LogP contribution in [0.4, 0.5) is 5.69 Å². The third kappa shape index (κ3) is 4.50. The van der Waals surface area contributed by atoms with Crippen LogP contribution in [0.25, 0.3) is 6.08 Å². The van der Waals surface area contributed by atoms with E-state index < -0.39 is 16.0 Å². The minimum absolute atomic E-state index is 0.0250. The van der Waals surface area contributed by atoms with Crippen LogP contribution in [0.15, 0.2) is 53.4 Å². The molecule has 126 valence electrons. The standard InChI is InChI=1S/C16H14ClNO5S/c1-23-15-8-5-12(17)10-14(15)18-24(21,22)13-6-2-11(3-7-13)4-9-16(19)20/h2-10,18H,1H3,(H,19,20)/b9-4+. The van der Waals surface area contributed by atoms with E-state index in [1.807, 2.05) is 0 Å². The fourth-order valence-corrected chi connectivity index (χ4v) is 3.12. The first-order valence-electron chi connectivity index (χ1n) is 6.69. The van der Waals surface area contributed by atoms with Crippen LogP contribution in [-0.2, 0) is 14.8 Å². The molecule has 2 rings (SSSR count). The summed E-state index contributed by atoms with van der Waals surface area (Å²) in [6, 6.07) is 10.3. The predicted octanol–water partition coefficient (Wildman–Crippen LogP) is 3.25. The van der Waals surface area contributed by atoms with Crippen molar-refractivity contribution in [1.29, 1.82) is 0 Å². The number of carboxylic acids is 1. The van der Waals surface area contributed by atoms with Gasteiger partial charge in [-0.15, -0.1) is 0 Å². The highest BCUT2D eigenvalue weighted by Crippen LogP contribution is 2.29. The Morgan fingerprint density at radius 1 is 1.21 bits per heavy atom. The number of rotatable bonds is 6. The first kappa shape index (κ1) is 17.8. The van der Waals surface area contributed by atoms with Crippen LogP contribution < -0.4 is 9.46 Å². The molecular formula is C16H14ClNO5S. The smallest absolute Gasteiger partial charge is 0.328 e. The van der Waals surface area contributed by atoms with E-state index in [0.29, 0.717) is 16.3 Å². The van der Waals surface area contributed by atoms with Crippen LogP contribution in [0.3, 0.4) is 0 Å². The van der Waals surface area contributed by atoms with Crippen molar-refractivity contribution in [2.45, 2.75) is 4.90 Å². The van der Waals surface area contributed by atoms with Gasteiger partial charge in [0, 0.05) is 11.1 Å². The molecule has 0 aliphatic rings. The number of nitrogens with one attached hydrogen (secondary N) is 1. The zero-order valence-electron chi connectivity index (χ0n) is 12.6. The molecule has 24 heavy (non-hydrogen) atoms. The van der Waals surface area contributed by atoms with Gasteiger partial charge in [-0.05, 0) is 42.0 Å². The van der Waals surface area contributed by atoms with Gasteiger partial charge in [-0.2, -0.15) is 0 Å². The highest BCUT2D eigenvalue weighted by atomic mass is 35.5. The van der Waals surface area contributed by atoms with Crippen molar-refractivity contribution in [3.63, 3.8) is 0 Å². The van der Waals surface area contributed by atoms with Crippen molar-refractivity contribution in [3.05, 3.63) is 59.1 Å². The lowest BCUT2D eigenvalue weighted by Crippen LogP contribution is -2.13. The van der Waals surface area contributed by atoms with E-state index in [1.165, 1.54) is 43.5 Å². The van der Waals surface area contributed by atoms with Crippen molar-refractivity contribution in [3.8, 4) is 5.75 Å². The molecule has 0 saturated carbocycles. The number of halogens is 1. The number of hydrogen-bond acceptors (Lipinski definition) is 4. The molecule has 0 aromatic heterocycles. The van der Waals surface area contributed by atoms with Gasteiger partial charge in [-0.25, -0.2) is 13.2 Å². The topological polar surface area (TPSA) is 92.7 Å².